The summed E-state index contributed by atoms with van der Waals surface area (Å²) in [6, 6.07) is 8.34. The normalized spacial score (nSPS) is 16.9. The van der Waals surface area contributed by atoms with Gasteiger partial charge < -0.3 is 15.2 Å². The summed E-state index contributed by atoms with van der Waals surface area (Å²) in [6.07, 6.45) is 14.0. The van der Waals surface area contributed by atoms with Crippen molar-refractivity contribution in [2.45, 2.75) is 39.0 Å². The Hall–Kier alpha value is -4.13. The van der Waals surface area contributed by atoms with E-state index in [1.165, 1.54) is 37.8 Å². The van der Waals surface area contributed by atoms with Gasteiger partial charge in [-0.1, -0.05) is 19.2 Å². The molecule has 1 aliphatic heterocycles. The maximum absolute atomic E-state index is 5.04. The maximum atomic E-state index is 5.04. The van der Waals surface area contributed by atoms with Crippen LogP contribution in [-0.2, 0) is 0 Å². The fourth-order valence-electron chi connectivity index (χ4n) is 5.14. The lowest BCUT2D eigenvalue weighted by atomic mass is 10.1. The molecule has 37 heavy (non-hydrogen) atoms. The molecule has 5 heterocycles. The summed E-state index contributed by atoms with van der Waals surface area (Å²) < 4.78 is 0. The highest BCUT2D eigenvalue weighted by Crippen LogP contribution is 2.35. The predicted octanol–water partition coefficient (Wildman–Crippen LogP) is 6.48. The summed E-state index contributed by atoms with van der Waals surface area (Å²) in [5, 5.41) is 12.3. The minimum atomic E-state index is 0.571. The molecule has 7 nitrogen and oxygen atoms in total. The van der Waals surface area contributed by atoms with Crippen LogP contribution in [0.5, 0.6) is 0 Å². The van der Waals surface area contributed by atoms with E-state index in [-0.39, 0.29) is 0 Å². The Morgan fingerprint density at radius 2 is 2.00 bits per heavy atom. The Bertz CT molecular complexity index is 1540. The smallest absolute Gasteiger partial charge is 0.139 e. The second-order valence-corrected chi connectivity index (χ2v) is 9.96. The van der Waals surface area contributed by atoms with E-state index in [2.05, 4.69) is 67.8 Å². The third kappa shape index (κ3) is 4.57. The zero-order valence-electron chi connectivity index (χ0n) is 21.3. The Labute approximate surface area is 217 Å². The molecule has 0 radical (unpaired) electrons. The van der Waals surface area contributed by atoms with Gasteiger partial charge in [-0.3, -0.25) is 5.10 Å². The quantitative estimate of drug-likeness (QED) is 0.246. The zero-order valence-corrected chi connectivity index (χ0v) is 21.3. The molecule has 0 bridgehead atoms. The first kappa shape index (κ1) is 23.3. The van der Waals surface area contributed by atoms with Gasteiger partial charge in [0.05, 0.1) is 16.9 Å². The van der Waals surface area contributed by atoms with Crippen LogP contribution < -0.4 is 10.2 Å². The summed E-state index contributed by atoms with van der Waals surface area (Å²) in [5.74, 6) is 0.571. The minimum Gasteiger partial charge on any atom is -0.371 e. The van der Waals surface area contributed by atoms with Crippen LogP contribution in [0.2, 0.25) is 0 Å². The summed E-state index contributed by atoms with van der Waals surface area (Å²) >= 11 is 0. The van der Waals surface area contributed by atoms with Crippen molar-refractivity contribution < 1.29 is 0 Å². The van der Waals surface area contributed by atoms with Gasteiger partial charge in [0, 0.05) is 41.8 Å². The molecule has 0 aromatic carbocycles. The second-order valence-electron chi connectivity index (χ2n) is 9.96. The Morgan fingerprint density at radius 3 is 2.76 bits per heavy atom. The van der Waals surface area contributed by atoms with Crippen molar-refractivity contribution in [2.24, 2.45) is 5.92 Å². The van der Waals surface area contributed by atoms with Gasteiger partial charge in [-0.25, -0.2) is 9.97 Å². The molecule has 4 aromatic heterocycles. The van der Waals surface area contributed by atoms with Gasteiger partial charge in [-0.15, -0.1) is 0 Å². The van der Waals surface area contributed by atoms with Gasteiger partial charge >= 0.3 is 0 Å². The van der Waals surface area contributed by atoms with Crippen molar-refractivity contribution in [3.05, 3.63) is 78.9 Å². The fraction of sp³-hybridized carbons (Fsp3) is 0.300. The number of pyridine rings is 2. The summed E-state index contributed by atoms with van der Waals surface area (Å²) in [5.41, 5.74) is 9.39. The maximum Gasteiger partial charge on any atom is 0.139 e. The molecule has 1 saturated heterocycles. The number of aromatic amines is 2. The number of nitrogens with zero attached hydrogens (tertiary/aromatic N) is 4. The molecule has 2 fully saturated rings. The van der Waals surface area contributed by atoms with Gasteiger partial charge in [-0.2, -0.15) is 5.10 Å². The van der Waals surface area contributed by atoms with E-state index in [0.717, 1.165) is 69.2 Å². The van der Waals surface area contributed by atoms with Crippen molar-refractivity contribution in [2.75, 3.05) is 18.0 Å². The molecule has 3 N–H and O–H groups in total. The van der Waals surface area contributed by atoms with Crippen molar-refractivity contribution in [1.82, 2.24) is 30.5 Å². The molecule has 1 aliphatic carbocycles. The lowest BCUT2D eigenvalue weighted by Gasteiger charge is -2.29. The van der Waals surface area contributed by atoms with E-state index in [1.807, 2.05) is 31.3 Å². The van der Waals surface area contributed by atoms with Crippen LogP contribution in [0.4, 0.5) is 5.69 Å². The number of aromatic nitrogens is 5. The number of hydrogen-bond acceptors (Lipinski definition) is 5. The second kappa shape index (κ2) is 9.73. The number of fused-ring (bicyclic) bond motifs is 2. The molecule has 0 amide bonds. The monoisotopic (exact) mass is 491 g/mol. The van der Waals surface area contributed by atoms with Crippen molar-refractivity contribution in [3.63, 3.8) is 0 Å². The van der Waals surface area contributed by atoms with Gasteiger partial charge in [0.2, 0.25) is 0 Å². The third-order valence-corrected chi connectivity index (χ3v) is 7.38. The molecule has 188 valence electrons. The summed E-state index contributed by atoms with van der Waals surface area (Å²) in [6.45, 7) is 12.4. The van der Waals surface area contributed by atoms with Crippen LogP contribution in [0.3, 0.4) is 0 Å². The number of nitrogens with one attached hydrogen (secondary N) is 3. The number of rotatable bonds is 8. The van der Waals surface area contributed by atoms with Crippen molar-refractivity contribution in [3.8, 4) is 11.4 Å². The average Bonchev–Trinajstić information content (AvgIpc) is 3.57. The number of anilines is 1. The fourth-order valence-corrected chi connectivity index (χ4v) is 5.14. The van der Waals surface area contributed by atoms with E-state index in [1.54, 1.807) is 0 Å². The summed E-state index contributed by atoms with van der Waals surface area (Å²) in [4.78, 5) is 15.6. The topological polar surface area (TPSA) is 85.5 Å². The van der Waals surface area contributed by atoms with Gasteiger partial charge in [0.1, 0.15) is 16.9 Å². The van der Waals surface area contributed by atoms with Gasteiger partial charge in [0.15, 0.2) is 0 Å². The minimum absolute atomic E-state index is 0.571. The molecule has 2 aliphatic rings. The molecule has 7 heteroatoms. The molecule has 0 spiro atoms. The lowest BCUT2D eigenvalue weighted by molar-refractivity contribution is 0.579. The summed E-state index contributed by atoms with van der Waals surface area (Å²) in [7, 11) is 0. The molecule has 1 saturated carbocycles. The number of H-pyrrole nitrogens is 2. The first-order chi connectivity index (χ1) is 18.1. The molecule has 0 unspecified atom stereocenters. The van der Waals surface area contributed by atoms with Crippen LogP contribution in [0.1, 0.15) is 44.7 Å². The average molecular weight is 492 g/mol. The first-order valence-corrected chi connectivity index (χ1v) is 13.2. The van der Waals surface area contributed by atoms with Crippen LogP contribution in [0.25, 0.3) is 39.0 Å². The number of allylic oxidation sites excluding steroid dienone is 5. The van der Waals surface area contributed by atoms with E-state index >= 15 is 0 Å². The first-order valence-electron chi connectivity index (χ1n) is 13.2. The highest BCUT2D eigenvalue weighted by atomic mass is 15.1. The van der Waals surface area contributed by atoms with Crippen LogP contribution in [-0.4, -0.2) is 38.2 Å². The Balaban J connectivity index is 1.36. The van der Waals surface area contributed by atoms with Crippen LogP contribution in [0, 0.1) is 5.92 Å². The van der Waals surface area contributed by atoms with Crippen molar-refractivity contribution >= 4 is 33.3 Å². The SMILES string of the molecule is C=C/C(=C\C(=C/C)c1ccc2[nH]nc(-c3cc4c(N5CCCCC5)ccnc4[nH]3)c2n1)NC(=C)C1CC1. The molecular formula is C30H33N7. The number of piperidine rings is 1. The van der Waals surface area contributed by atoms with E-state index in [0.29, 0.717) is 5.92 Å². The van der Waals surface area contributed by atoms with Gasteiger partial charge in [0.25, 0.3) is 0 Å². The molecule has 4 aromatic rings. The lowest BCUT2D eigenvalue weighted by Crippen LogP contribution is -2.29. The highest BCUT2D eigenvalue weighted by molar-refractivity contribution is 5.97. The molecular weight excluding hydrogens is 458 g/mol. The van der Waals surface area contributed by atoms with E-state index in [4.69, 9.17) is 4.98 Å². The largest absolute Gasteiger partial charge is 0.371 e. The Kier molecular flexibility index (Phi) is 6.12. The number of hydrogen-bond donors (Lipinski definition) is 3. The zero-order chi connectivity index (χ0) is 25.4. The molecule has 6 rings (SSSR count). The highest BCUT2D eigenvalue weighted by Gasteiger charge is 2.24. The van der Waals surface area contributed by atoms with Crippen LogP contribution in [0.15, 0.2) is 73.2 Å². The van der Waals surface area contributed by atoms with E-state index in [9.17, 15) is 0 Å². The van der Waals surface area contributed by atoms with E-state index < -0.39 is 0 Å². The third-order valence-electron chi connectivity index (χ3n) is 7.38. The Morgan fingerprint density at radius 1 is 1.16 bits per heavy atom. The van der Waals surface area contributed by atoms with Gasteiger partial charge in [-0.05, 0) is 86.9 Å². The standard InChI is InChI=1S/C30H33N7/c1-4-20(17-22(5-2)32-19(3)21-9-10-21)24-11-12-25-28(33-24)29(36-35-25)26-18-23-27(13-14-31-30(23)34-26)37-15-7-6-8-16-37/h4-5,11-14,17-18,21,32H,2-3,6-10,15-16H2,1H3,(H,31,34)(H,35,36)/b20-4+,22-17+. The predicted molar refractivity (Wildman–Crippen MR) is 152 cm³/mol. The molecule has 0 atom stereocenters. The van der Waals surface area contributed by atoms with Crippen LogP contribution >= 0.6 is 0 Å². The van der Waals surface area contributed by atoms with Crippen molar-refractivity contribution in [1.29, 1.82) is 0 Å².